The van der Waals surface area contributed by atoms with E-state index in [1.807, 2.05) is 48.3 Å². The number of aromatic nitrogens is 2. The van der Waals surface area contributed by atoms with Gasteiger partial charge < -0.3 is 9.80 Å². The summed E-state index contributed by atoms with van der Waals surface area (Å²) in [5.41, 5.74) is 2.35. The van der Waals surface area contributed by atoms with Crippen molar-refractivity contribution in [1.82, 2.24) is 19.6 Å². The third-order valence-electron chi connectivity index (χ3n) is 7.35. The number of anilines is 1. The molecule has 2 aliphatic heterocycles. The van der Waals surface area contributed by atoms with Crippen LogP contribution in [0.3, 0.4) is 0 Å². The highest BCUT2D eigenvalue weighted by Crippen LogP contribution is 2.42. The average Bonchev–Trinajstić information content (AvgIpc) is 3.29. The highest BCUT2D eigenvalue weighted by atomic mass is 79.9. The van der Waals surface area contributed by atoms with E-state index in [4.69, 9.17) is 0 Å². The number of amides is 1. The van der Waals surface area contributed by atoms with E-state index in [2.05, 4.69) is 61.7 Å². The molecule has 1 amide bonds. The van der Waals surface area contributed by atoms with E-state index < -0.39 is 5.54 Å². The first kappa shape index (κ1) is 23.6. The second-order valence-electron chi connectivity index (χ2n) is 9.30. The van der Waals surface area contributed by atoms with Crippen LogP contribution in [0.1, 0.15) is 30.1 Å². The Hall–Kier alpha value is -3.10. The predicted octanol–water partition coefficient (Wildman–Crippen LogP) is 3.89. The fraction of sp³-hybridized carbons (Fsp3) is 0.333. The van der Waals surface area contributed by atoms with E-state index in [9.17, 15) is 9.59 Å². The van der Waals surface area contributed by atoms with Gasteiger partial charge in [-0.2, -0.15) is 0 Å². The summed E-state index contributed by atoms with van der Waals surface area (Å²) >= 11 is 3.53. The van der Waals surface area contributed by atoms with Crippen LogP contribution in [0.5, 0.6) is 0 Å². The summed E-state index contributed by atoms with van der Waals surface area (Å²) in [5.74, 6) is 0.174. The number of para-hydroxylation sites is 1. The van der Waals surface area contributed by atoms with Crippen molar-refractivity contribution < 1.29 is 4.79 Å². The Labute approximate surface area is 213 Å². The molecule has 2 saturated heterocycles. The van der Waals surface area contributed by atoms with Crippen molar-refractivity contribution in [3.05, 3.63) is 99.4 Å². The number of likely N-dealkylation sites (tertiary alicyclic amines) is 1. The third kappa shape index (κ3) is 4.04. The van der Waals surface area contributed by atoms with Crippen LogP contribution in [-0.2, 0) is 11.8 Å². The third-order valence-corrected chi connectivity index (χ3v) is 8.12. The fourth-order valence-electron chi connectivity index (χ4n) is 5.65. The molecule has 0 aliphatic carbocycles. The lowest BCUT2D eigenvalue weighted by molar-refractivity contribution is -0.133. The summed E-state index contributed by atoms with van der Waals surface area (Å²) in [6, 6.07) is 20.3. The molecule has 0 bridgehead atoms. The molecule has 1 unspecified atom stereocenters. The van der Waals surface area contributed by atoms with E-state index in [0.29, 0.717) is 30.5 Å². The fourth-order valence-corrected chi connectivity index (χ4v) is 6.23. The van der Waals surface area contributed by atoms with Crippen LogP contribution in [0.15, 0.2) is 82.6 Å². The maximum absolute atomic E-state index is 13.7. The number of hydrogen-bond donors (Lipinski definition) is 1. The van der Waals surface area contributed by atoms with Crippen LogP contribution in [-0.4, -0.2) is 57.3 Å². The Balaban J connectivity index is 1.49. The molecule has 182 valence electrons. The molecule has 5 rings (SSSR count). The number of nitrogens with zero attached hydrogens (tertiary/aromatic N) is 4. The molecule has 2 fully saturated rings. The summed E-state index contributed by atoms with van der Waals surface area (Å²) in [6.07, 6.45) is 3.20. The highest BCUT2D eigenvalue weighted by Gasteiger charge is 2.54. The van der Waals surface area contributed by atoms with Gasteiger partial charge in [0.2, 0.25) is 5.91 Å². The SMILES string of the molecule is C=CCN1CN(c2ccccc2)C2(CCN(C(c3ccccc3)c3c(Br)c(=O)[nH]n3C)CC2)C1=O. The molecule has 3 aromatic rings. The van der Waals surface area contributed by atoms with Gasteiger partial charge >= 0.3 is 0 Å². The summed E-state index contributed by atoms with van der Waals surface area (Å²) in [6.45, 7) is 6.41. The number of carbonyl (C=O) groups excluding carboxylic acids is 1. The van der Waals surface area contributed by atoms with Gasteiger partial charge in [0.15, 0.2) is 0 Å². The van der Waals surface area contributed by atoms with E-state index >= 15 is 0 Å². The Morgan fingerprint density at radius 2 is 1.69 bits per heavy atom. The van der Waals surface area contributed by atoms with Gasteiger partial charge in [0.05, 0.1) is 18.4 Å². The number of carbonyl (C=O) groups is 1. The second kappa shape index (κ2) is 9.51. The van der Waals surface area contributed by atoms with Crippen LogP contribution in [0.2, 0.25) is 0 Å². The maximum Gasteiger partial charge on any atom is 0.278 e. The molecule has 1 aromatic heterocycles. The standard InChI is InChI=1S/C27H30BrN5O2/c1-3-16-32-19-33(21-12-8-5-9-13-21)27(26(32)35)14-17-31(18-15-27)23(20-10-6-4-7-11-20)24-22(28)25(34)29-30(24)2/h3-13,23H,1,14-19H2,2H3,(H,29,34). The molecule has 7 nitrogen and oxygen atoms in total. The highest BCUT2D eigenvalue weighted by molar-refractivity contribution is 9.10. The minimum Gasteiger partial charge on any atom is -0.339 e. The Kier molecular flexibility index (Phi) is 6.42. The number of hydrogen-bond acceptors (Lipinski definition) is 4. The lowest BCUT2D eigenvalue weighted by Gasteiger charge is -2.45. The lowest BCUT2D eigenvalue weighted by atomic mass is 9.84. The van der Waals surface area contributed by atoms with Crippen LogP contribution in [0.4, 0.5) is 5.69 Å². The summed E-state index contributed by atoms with van der Waals surface area (Å²) in [7, 11) is 1.87. The number of H-pyrrole nitrogens is 1. The number of aromatic amines is 1. The molecule has 1 spiro atoms. The van der Waals surface area contributed by atoms with Gasteiger partial charge in [-0.1, -0.05) is 54.6 Å². The number of rotatable bonds is 6. The normalized spacial score (nSPS) is 18.9. The van der Waals surface area contributed by atoms with Crippen molar-refractivity contribution in [2.45, 2.75) is 24.4 Å². The Bertz CT molecular complexity index is 1260. The van der Waals surface area contributed by atoms with Gasteiger partial charge in [0, 0.05) is 32.4 Å². The Morgan fingerprint density at radius 3 is 2.26 bits per heavy atom. The number of benzene rings is 2. The van der Waals surface area contributed by atoms with Crippen molar-refractivity contribution in [3.63, 3.8) is 0 Å². The molecule has 3 heterocycles. The Morgan fingerprint density at radius 1 is 1.06 bits per heavy atom. The molecule has 2 aromatic carbocycles. The second-order valence-corrected chi connectivity index (χ2v) is 10.1. The maximum atomic E-state index is 13.7. The molecule has 2 aliphatic rings. The van der Waals surface area contributed by atoms with Gasteiger partial charge in [0.25, 0.3) is 5.56 Å². The van der Waals surface area contributed by atoms with E-state index in [1.54, 1.807) is 10.8 Å². The number of nitrogens with one attached hydrogen (secondary N) is 1. The van der Waals surface area contributed by atoms with Crippen LogP contribution in [0.25, 0.3) is 0 Å². The van der Waals surface area contributed by atoms with Crippen LogP contribution < -0.4 is 10.5 Å². The minimum absolute atomic E-state index is 0.113. The first-order chi connectivity index (χ1) is 17.0. The van der Waals surface area contributed by atoms with Gasteiger partial charge in [-0.3, -0.25) is 24.3 Å². The van der Waals surface area contributed by atoms with E-state index in [-0.39, 0.29) is 17.5 Å². The van der Waals surface area contributed by atoms with Crippen molar-refractivity contribution in [1.29, 1.82) is 0 Å². The summed E-state index contributed by atoms with van der Waals surface area (Å²) < 4.78 is 2.35. The van der Waals surface area contributed by atoms with Gasteiger partial charge in [0.1, 0.15) is 10.0 Å². The minimum atomic E-state index is -0.580. The zero-order valence-electron chi connectivity index (χ0n) is 19.9. The number of piperidine rings is 1. The van der Waals surface area contributed by atoms with Crippen molar-refractivity contribution in [3.8, 4) is 0 Å². The molecular formula is C27H30BrN5O2. The van der Waals surface area contributed by atoms with Gasteiger partial charge in [-0.15, -0.1) is 6.58 Å². The summed E-state index contributed by atoms with van der Waals surface area (Å²) in [5, 5.41) is 2.88. The molecule has 8 heteroatoms. The molecule has 1 atom stereocenters. The lowest BCUT2D eigenvalue weighted by Crippen LogP contribution is -2.57. The first-order valence-corrected chi connectivity index (χ1v) is 12.7. The zero-order valence-corrected chi connectivity index (χ0v) is 21.4. The average molecular weight is 536 g/mol. The smallest absolute Gasteiger partial charge is 0.278 e. The van der Waals surface area contributed by atoms with E-state index in [0.717, 1.165) is 30.0 Å². The van der Waals surface area contributed by atoms with Crippen molar-refractivity contribution in [2.24, 2.45) is 7.05 Å². The molecule has 0 saturated carbocycles. The summed E-state index contributed by atoms with van der Waals surface area (Å²) in [4.78, 5) is 32.7. The molecule has 1 N–H and O–H groups in total. The zero-order chi connectivity index (χ0) is 24.6. The van der Waals surface area contributed by atoms with Crippen LogP contribution in [0, 0.1) is 0 Å². The largest absolute Gasteiger partial charge is 0.339 e. The van der Waals surface area contributed by atoms with Gasteiger partial charge in [-0.25, -0.2) is 0 Å². The first-order valence-electron chi connectivity index (χ1n) is 11.9. The van der Waals surface area contributed by atoms with Gasteiger partial charge in [-0.05, 0) is 46.5 Å². The predicted molar refractivity (Wildman–Crippen MR) is 141 cm³/mol. The molecular weight excluding hydrogens is 506 g/mol. The topological polar surface area (TPSA) is 64.6 Å². The monoisotopic (exact) mass is 535 g/mol. The number of halogens is 1. The van der Waals surface area contributed by atoms with E-state index in [1.165, 1.54) is 0 Å². The molecule has 0 radical (unpaired) electrons. The molecule has 35 heavy (non-hydrogen) atoms. The van der Waals surface area contributed by atoms with Crippen molar-refractivity contribution in [2.75, 3.05) is 31.2 Å². The van der Waals surface area contributed by atoms with Crippen molar-refractivity contribution >= 4 is 27.5 Å². The van der Waals surface area contributed by atoms with Crippen LogP contribution >= 0.6 is 15.9 Å². The number of aryl methyl sites for hydroxylation is 1. The quantitative estimate of drug-likeness (QED) is 0.486.